The quantitative estimate of drug-likeness (QED) is 0.0225. The summed E-state index contributed by atoms with van der Waals surface area (Å²) >= 11 is 1.84. The van der Waals surface area contributed by atoms with Crippen LogP contribution in [-0.2, 0) is 44.4 Å². The average molecular weight is 1640 g/mol. The van der Waals surface area contributed by atoms with Crippen LogP contribution >= 0.6 is 11.8 Å². The van der Waals surface area contributed by atoms with Crippen LogP contribution in [0.4, 0.5) is 10.1 Å². The number of anilines is 1. The van der Waals surface area contributed by atoms with E-state index in [0.29, 0.717) is 53.5 Å². The van der Waals surface area contributed by atoms with Crippen molar-refractivity contribution in [1.82, 2.24) is 29.3 Å². The number of aryl methyl sites for hydroxylation is 1. The maximum absolute atomic E-state index is 13.6. The van der Waals surface area contributed by atoms with Crippen LogP contribution in [0, 0.1) is 5.82 Å². The molecular formula is C99H126FN7O9S2. The van der Waals surface area contributed by atoms with Crippen LogP contribution in [0.5, 0.6) is 23.0 Å². The summed E-state index contributed by atoms with van der Waals surface area (Å²) in [6, 6.07) is 70.4. The van der Waals surface area contributed by atoms with Crippen LogP contribution in [-0.4, -0.2) is 177 Å². The maximum Gasteiger partial charge on any atom is 0.220 e. The third kappa shape index (κ3) is 27.6. The summed E-state index contributed by atoms with van der Waals surface area (Å²) in [7, 11) is 5.95. The number of carbonyl (C=O) groups excluding carboxylic acids is 2. The Morgan fingerprint density at radius 2 is 1.25 bits per heavy atom. The second kappa shape index (κ2) is 47.5. The van der Waals surface area contributed by atoms with Gasteiger partial charge in [-0.15, -0.1) is 11.8 Å². The Hall–Kier alpha value is -9.31. The molecule has 118 heavy (non-hydrogen) atoms. The molecule has 8 aromatic carbocycles. The predicted octanol–water partition coefficient (Wildman–Crippen LogP) is 19.6. The minimum atomic E-state index is -3.69. The Balaban J connectivity index is 0.000000171. The second-order valence-electron chi connectivity index (χ2n) is 31.5. The summed E-state index contributed by atoms with van der Waals surface area (Å²) < 4.78 is 71.3. The zero-order valence-electron chi connectivity index (χ0n) is 71.2. The molecule has 16 nitrogen and oxygen atoms in total. The fourth-order valence-corrected chi connectivity index (χ4v) is 18.4. The summed E-state index contributed by atoms with van der Waals surface area (Å²) in [6.07, 6.45) is 18.2. The predicted molar refractivity (Wildman–Crippen MR) is 479 cm³/mol. The van der Waals surface area contributed by atoms with Gasteiger partial charge in [-0.25, -0.2) is 12.8 Å². The van der Waals surface area contributed by atoms with Gasteiger partial charge in [-0.1, -0.05) is 181 Å². The zero-order chi connectivity index (χ0) is 83.5. The average Bonchev–Trinajstić information content (AvgIpc) is 1.59. The van der Waals surface area contributed by atoms with Gasteiger partial charge in [0.25, 0.3) is 0 Å². The molecule has 13 rings (SSSR count). The molecule has 1 unspecified atom stereocenters. The molecule has 2 aromatic heterocycles. The SMILES string of the molecule is CCN(CC)CCOc1ccccc1C(=O)CCc1ccccc1.CN(C)CCCOC1(Cc2ccccc2)CCCCCC1.COc1ccc(CCN(C)CCCOc2ccc(S(=O)(=O)c3c(C(C)C)cn4ccccc34)cc2)cc1OC.O=C(CCCN1CCN(c2ccc(F)cc2)CC1)NC1c2ccccc2CSc2ccccc21. The lowest BCUT2D eigenvalue weighted by Crippen LogP contribution is -2.46. The molecule has 1 saturated heterocycles. The molecule has 1 N–H and O–H groups in total. The number of sulfone groups is 1. The zero-order valence-corrected chi connectivity index (χ0v) is 72.8. The highest BCUT2D eigenvalue weighted by Gasteiger charge is 2.33. The molecule has 2 fully saturated rings. The standard InChI is InChI=1S/C31H38N2O5S.C28H30FN3OS.C21H27NO2.C19H31NO/c1-23(2)27-22-33-18-7-6-9-28(33)31(27)39(34,35)26-13-11-25(12-14-26)38-20-8-17-32(3)19-16-24-10-15-29(36-4)30(21-24)37-5;29-22-11-13-23(14-12-22)32-18-16-31(17-19-32)15-5-10-27(33)30-28-24-7-2-1-6-21(24)20-34-26-9-4-3-8-25(26)28;1-3-22(4-2)16-17-24-21-13-9-8-12-19(21)20(23)15-14-18-10-6-5-7-11-18;1-20(2)15-10-16-21-19(13-8-3-4-9-14-19)17-18-11-6-5-7-12-18/h6-7,9-15,18,21-23H,8,16-17,19-20H2,1-5H3;1-4,6-9,11-14,28H,5,10,15-20H2,(H,30,33);5-13H,3-4,14-17H2,1-2H3;5-7,11-12H,3-4,8-10,13-17H2,1-2H3. The van der Waals surface area contributed by atoms with Crippen molar-refractivity contribution in [1.29, 1.82) is 0 Å². The number of rotatable bonds is 36. The number of ether oxygens (including phenoxy) is 5. The van der Waals surface area contributed by atoms with E-state index in [4.69, 9.17) is 23.7 Å². The number of nitrogens with one attached hydrogen (secondary N) is 1. The van der Waals surface area contributed by atoms with Gasteiger partial charge in [-0.2, -0.15) is 0 Å². The molecule has 2 aliphatic heterocycles. The highest BCUT2D eigenvalue weighted by Crippen LogP contribution is 2.41. The van der Waals surface area contributed by atoms with Crippen molar-refractivity contribution in [2.45, 2.75) is 156 Å². The largest absolute Gasteiger partial charge is 0.494 e. The van der Waals surface area contributed by atoms with E-state index in [0.717, 1.165) is 146 Å². The van der Waals surface area contributed by atoms with E-state index in [2.05, 4.69) is 162 Å². The van der Waals surface area contributed by atoms with Crippen molar-refractivity contribution in [3.8, 4) is 23.0 Å². The number of Topliss-reactive ketones (excluding diaryl/α,β-unsaturated/α-hetero) is 1. The van der Waals surface area contributed by atoms with Crippen molar-refractivity contribution < 1.29 is 46.1 Å². The summed E-state index contributed by atoms with van der Waals surface area (Å²) in [4.78, 5) is 38.9. The van der Waals surface area contributed by atoms with Gasteiger partial charge < -0.3 is 53.0 Å². The Labute approximate surface area is 707 Å². The van der Waals surface area contributed by atoms with Crippen molar-refractivity contribution in [3.63, 3.8) is 0 Å². The smallest absolute Gasteiger partial charge is 0.220 e. The number of amides is 1. The number of fused-ring (bicyclic) bond motifs is 3. The normalized spacial score (nSPS) is 14.6. The molecule has 4 heterocycles. The molecular weight excluding hydrogens is 1510 g/mol. The molecule has 0 bridgehead atoms. The Morgan fingerprint density at radius 3 is 1.95 bits per heavy atom. The molecule has 0 radical (unpaired) electrons. The molecule has 1 atom stereocenters. The molecule has 19 heteroatoms. The van der Waals surface area contributed by atoms with Gasteiger partial charge in [-0.05, 0) is 228 Å². The number of ketones is 1. The number of hydrogen-bond acceptors (Lipinski definition) is 15. The van der Waals surface area contributed by atoms with E-state index in [1.807, 2.05) is 127 Å². The van der Waals surface area contributed by atoms with E-state index in [-0.39, 0.29) is 40.0 Å². The number of benzene rings is 8. The maximum atomic E-state index is 13.6. The Kier molecular flexibility index (Phi) is 36.6. The number of likely N-dealkylation sites (N-methyl/N-ethyl adjacent to an activating group) is 2. The first-order valence-electron chi connectivity index (χ1n) is 42.5. The fraction of sp³-hybridized carbons (Fsp3) is 0.414. The van der Waals surface area contributed by atoms with Gasteiger partial charge in [0.05, 0.1) is 48.4 Å². The highest BCUT2D eigenvalue weighted by atomic mass is 32.2. The van der Waals surface area contributed by atoms with Crippen LogP contribution in [0.3, 0.4) is 0 Å². The lowest BCUT2D eigenvalue weighted by molar-refractivity contribution is -0.121. The number of aromatic nitrogens is 1. The van der Waals surface area contributed by atoms with Gasteiger partial charge in [-0.3, -0.25) is 14.5 Å². The van der Waals surface area contributed by atoms with E-state index in [1.54, 1.807) is 38.5 Å². The van der Waals surface area contributed by atoms with Crippen molar-refractivity contribution >= 4 is 44.5 Å². The van der Waals surface area contributed by atoms with E-state index < -0.39 is 9.84 Å². The number of methoxy groups -OCH3 is 2. The Bertz CT molecular complexity index is 4710. The number of carbonyl (C=O) groups is 2. The second-order valence-corrected chi connectivity index (χ2v) is 34.4. The summed E-state index contributed by atoms with van der Waals surface area (Å²) in [5.74, 6) is 3.87. The fourth-order valence-electron chi connectivity index (χ4n) is 15.6. The summed E-state index contributed by atoms with van der Waals surface area (Å²) in [6.45, 7) is 20.8. The third-order valence-corrected chi connectivity index (χ3v) is 25.4. The lowest BCUT2D eigenvalue weighted by atomic mass is 9.87. The molecule has 630 valence electrons. The first-order valence-corrected chi connectivity index (χ1v) is 45.0. The van der Waals surface area contributed by atoms with Gasteiger partial charge in [0.15, 0.2) is 17.3 Å². The number of halogens is 1. The molecule has 1 saturated carbocycles. The number of piperazine rings is 1. The number of hydrogen-bond donors (Lipinski definition) is 1. The van der Waals surface area contributed by atoms with Gasteiger partial charge in [0.1, 0.15) is 28.8 Å². The number of nitrogens with zero attached hydrogens (tertiary/aromatic N) is 6. The van der Waals surface area contributed by atoms with E-state index in [9.17, 15) is 22.4 Å². The molecule has 1 aliphatic carbocycles. The van der Waals surface area contributed by atoms with Gasteiger partial charge in [0.2, 0.25) is 15.7 Å². The van der Waals surface area contributed by atoms with Crippen LogP contribution in [0.15, 0.2) is 245 Å². The first-order chi connectivity index (χ1) is 57.4. The topological polar surface area (TPSA) is 147 Å². The molecule has 1 amide bonds. The minimum absolute atomic E-state index is 0.0782. The summed E-state index contributed by atoms with van der Waals surface area (Å²) in [5.41, 5.74) is 10.8. The number of thioether (sulfide) groups is 1. The van der Waals surface area contributed by atoms with Crippen LogP contribution in [0.25, 0.3) is 5.52 Å². The molecule has 0 spiro atoms. The van der Waals surface area contributed by atoms with Crippen molar-refractivity contribution in [2.24, 2.45) is 0 Å². The van der Waals surface area contributed by atoms with Crippen molar-refractivity contribution in [3.05, 3.63) is 281 Å². The van der Waals surface area contributed by atoms with E-state index in [1.165, 1.54) is 88.9 Å². The minimum Gasteiger partial charge on any atom is -0.494 e. The van der Waals surface area contributed by atoms with Crippen LogP contribution in [0.1, 0.15) is 160 Å². The van der Waals surface area contributed by atoms with Crippen LogP contribution in [0.2, 0.25) is 0 Å². The highest BCUT2D eigenvalue weighted by molar-refractivity contribution is 7.98. The molecule has 3 aliphatic rings. The lowest BCUT2D eigenvalue weighted by Gasteiger charge is -2.36. The summed E-state index contributed by atoms with van der Waals surface area (Å²) in [5, 5.41) is 3.33. The third-order valence-electron chi connectivity index (χ3n) is 22.4. The monoisotopic (exact) mass is 1640 g/mol. The number of para-hydroxylation sites is 1. The van der Waals surface area contributed by atoms with Crippen molar-refractivity contribution in [2.75, 3.05) is 132 Å². The Morgan fingerprint density at radius 1 is 0.602 bits per heavy atom. The molecule has 10 aromatic rings. The van der Waals surface area contributed by atoms with Crippen LogP contribution < -0.4 is 29.2 Å². The van der Waals surface area contributed by atoms with Gasteiger partial charge >= 0.3 is 0 Å². The first kappa shape index (κ1) is 91.0. The number of pyridine rings is 1. The van der Waals surface area contributed by atoms with Gasteiger partial charge in [0, 0.05) is 100 Å². The van der Waals surface area contributed by atoms with E-state index >= 15 is 0 Å².